The Morgan fingerprint density at radius 2 is 1.79 bits per heavy atom. The van der Waals surface area contributed by atoms with Crippen LogP contribution < -0.4 is 14.8 Å². The van der Waals surface area contributed by atoms with E-state index in [0.717, 1.165) is 16.3 Å². The maximum Gasteiger partial charge on any atom is 0.262 e. The monoisotopic (exact) mass is 321 g/mol. The Labute approximate surface area is 141 Å². The van der Waals surface area contributed by atoms with Gasteiger partial charge in [-0.05, 0) is 36.1 Å². The van der Waals surface area contributed by atoms with Crippen molar-refractivity contribution in [3.8, 4) is 11.5 Å². The Morgan fingerprint density at radius 3 is 2.62 bits per heavy atom. The van der Waals surface area contributed by atoms with Crippen molar-refractivity contribution in [2.45, 2.75) is 6.92 Å². The van der Waals surface area contributed by atoms with Crippen LogP contribution in [0.3, 0.4) is 0 Å². The molecule has 1 N–H and O–H groups in total. The van der Waals surface area contributed by atoms with Crippen LogP contribution in [-0.4, -0.2) is 19.6 Å². The minimum absolute atomic E-state index is 0.0644. The highest BCUT2D eigenvalue weighted by atomic mass is 16.5. The van der Waals surface area contributed by atoms with Crippen molar-refractivity contribution in [2.24, 2.45) is 0 Å². The number of anilines is 1. The lowest BCUT2D eigenvalue weighted by molar-refractivity contribution is -0.118. The second-order valence-corrected chi connectivity index (χ2v) is 5.52. The maximum atomic E-state index is 12.2. The number of aryl methyl sites for hydroxylation is 1. The SMILES string of the molecule is COc1ccc(C)cc1NC(=O)COc1cccc2ccccc12. The third-order valence-electron chi connectivity index (χ3n) is 3.74. The first-order valence-corrected chi connectivity index (χ1v) is 7.72. The van der Waals surface area contributed by atoms with Crippen molar-refractivity contribution >= 4 is 22.4 Å². The molecule has 0 atom stereocenters. The first-order valence-electron chi connectivity index (χ1n) is 7.72. The van der Waals surface area contributed by atoms with Gasteiger partial charge < -0.3 is 14.8 Å². The fourth-order valence-corrected chi connectivity index (χ4v) is 2.57. The molecule has 0 aliphatic carbocycles. The van der Waals surface area contributed by atoms with Crippen molar-refractivity contribution in [1.29, 1.82) is 0 Å². The molecule has 0 spiro atoms. The molecule has 0 unspecified atom stereocenters. The molecule has 0 saturated carbocycles. The standard InChI is InChI=1S/C20H19NO3/c1-14-10-11-19(23-2)17(12-14)21-20(22)13-24-18-9-5-7-15-6-3-4-8-16(15)18/h3-12H,13H2,1-2H3,(H,21,22). The van der Waals surface area contributed by atoms with E-state index in [1.54, 1.807) is 7.11 Å². The number of rotatable bonds is 5. The Hall–Kier alpha value is -3.01. The lowest BCUT2D eigenvalue weighted by atomic mass is 10.1. The summed E-state index contributed by atoms with van der Waals surface area (Å²) in [6.07, 6.45) is 0. The summed E-state index contributed by atoms with van der Waals surface area (Å²) >= 11 is 0. The lowest BCUT2D eigenvalue weighted by Crippen LogP contribution is -2.20. The average Bonchev–Trinajstić information content (AvgIpc) is 2.60. The van der Waals surface area contributed by atoms with Crippen LogP contribution in [-0.2, 0) is 4.79 Å². The summed E-state index contributed by atoms with van der Waals surface area (Å²) in [4.78, 5) is 12.2. The van der Waals surface area contributed by atoms with Crippen LogP contribution >= 0.6 is 0 Å². The summed E-state index contributed by atoms with van der Waals surface area (Å²) in [6.45, 7) is 1.90. The quantitative estimate of drug-likeness (QED) is 0.767. The van der Waals surface area contributed by atoms with Gasteiger partial charge >= 0.3 is 0 Å². The number of ether oxygens (including phenoxy) is 2. The van der Waals surface area contributed by atoms with Crippen LogP contribution in [0, 0.1) is 6.92 Å². The van der Waals surface area contributed by atoms with Gasteiger partial charge in [-0.15, -0.1) is 0 Å². The van der Waals surface area contributed by atoms with Crippen LogP contribution in [0.25, 0.3) is 10.8 Å². The summed E-state index contributed by atoms with van der Waals surface area (Å²) in [5.74, 6) is 1.09. The Balaban J connectivity index is 1.71. The highest BCUT2D eigenvalue weighted by molar-refractivity contribution is 5.94. The van der Waals surface area contributed by atoms with E-state index < -0.39 is 0 Å². The highest BCUT2D eigenvalue weighted by Crippen LogP contribution is 2.26. The van der Waals surface area contributed by atoms with Gasteiger partial charge in [-0.2, -0.15) is 0 Å². The van der Waals surface area contributed by atoms with E-state index in [2.05, 4.69) is 5.32 Å². The Morgan fingerprint density at radius 1 is 1.00 bits per heavy atom. The third kappa shape index (κ3) is 3.49. The molecule has 0 radical (unpaired) electrons. The number of fused-ring (bicyclic) bond motifs is 1. The predicted molar refractivity (Wildman–Crippen MR) is 95.8 cm³/mol. The van der Waals surface area contributed by atoms with E-state index in [-0.39, 0.29) is 12.5 Å². The molecule has 0 aliphatic heterocycles. The molecule has 0 aliphatic rings. The molecule has 0 aromatic heterocycles. The zero-order valence-corrected chi connectivity index (χ0v) is 13.7. The van der Waals surface area contributed by atoms with Gasteiger partial charge in [-0.3, -0.25) is 4.79 Å². The topological polar surface area (TPSA) is 47.6 Å². The van der Waals surface area contributed by atoms with E-state index in [9.17, 15) is 4.79 Å². The fourth-order valence-electron chi connectivity index (χ4n) is 2.57. The van der Waals surface area contributed by atoms with Crippen molar-refractivity contribution in [3.05, 3.63) is 66.2 Å². The normalized spacial score (nSPS) is 10.4. The molecule has 3 rings (SSSR count). The van der Waals surface area contributed by atoms with E-state index in [0.29, 0.717) is 17.2 Å². The number of hydrogen-bond donors (Lipinski definition) is 1. The van der Waals surface area contributed by atoms with Crippen LogP contribution in [0.5, 0.6) is 11.5 Å². The average molecular weight is 321 g/mol. The minimum atomic E-state index is -0.230. The van der Waals surface area contributed by atoms with Gasteiger partial charge in [0.1, 0.15) is 11.5 Å². The second kappa shape index (κ2) is 7.04. The van der Waals surface area contributed by atoms with Crippen LogP contribution in [0.2, 0.25) is 0 Å². The van der Waals surface area contributed by atoms with Crippen molar-refractivity contribution < 1.29 is 14.3 Å². The first kappa shape index (κ1) is 15.9. The number of methoxy groups -OCH3 is 1. The lowest BCUT2D eigenvalue weighted by Gasteiger charge is -2.12. The minimum Gasteiger partial charge on any atom is -0.495 e. The van der Waals surface area contributed by atoms with Crippen LogP contribution in [0.15, 0.2) is 60.7 Å². The van der Waals surface area contributed by atoms with E-state index in [4.69, 9.17) is 9.47 Å². The predicted octanol–water partition coefficient (Wildman–Crippen LogP) is 4.17. The molecule has 1 amide bonds. The first-order chi connectivity index (χ1) is 11.7. The largest absolute Gasteiger partial charge is 0.495 e. The molecule has 3 aromatic rings. The molecule has 0 saturated heterocycles. The highest BCUT2D eigenvalue weighted by Gasteiger charge is 2.09. The van der Waals surface area contributed by atoms with E-state index in [1.165, 1.54) is 0 Å². The number of carbonyl (C=O) groups is 1. The van der Waals surface area contributed by atoms with Crippen LogP contribution in [0.4, 0.5) is 5.69 Å². The van der Waals surface area contributed by atoms with Crippen molar-refractivity contribution in [1.82, 2.24) is 0 Å². The number of benzene rings is 3. The molecule has 3 aromatic carbocycles. The van der Waals surface area contributed by atoms with E-state index >= 15 is 0 Å². The Kier molecular flexibility index (Phi) is 4.66. The zero-order valence-electron chi connectivity index (χ0n) is 13.7. The van der Waals surface area contributed by atoms with Gasteiger partial charge in [-0.25, -0.2) is 0 Å². The summed E-state index contributed by atoms with van der Waals surface area (Å²) in [5.41, 5.74) is 1.69. The Bertz CT molecular complexity index is 868. The molecular weight excluding hydrogens is 302 g/mol. The van der Waals surface area contributed by atoms with Crippen molar-refractivity contribution in [3.63, 3.8) is 0 Å². The van der Waals surface area contributed by atoms with Gasteiger partial charge in [0, 0.05) is 5.39 Å². The van der Waals surface area contributed by atoms with Crippen molar-refractivity contribution in [2.75, 3.05) is 19.0 Å². The number of carbonyl (C=O) groups excluding carboxylic acids is 1. The summed E-state index contributed by atoms with van der Waals surface area (Å²) in [6, 6.07) is 19.3. The van der Waals surface area contributed by atoms with Gasteiger partial charge in [0.15, 0.2) is 6.61 Å². The number of hydrogen-bond acceptors (Lipinski definition) is 3. The van der Waals surface area contributed by atoms with Gasteiger partial charge in [-0.1, -0.05) is 42.5 Å². The molecule has 0 fully saturated rings. The van der Waals surface area contributed by atoms with Crippen LogP contribution in [0.1, 0.15) is 5.56 Å². The molecule has 0 heterocycles. The third-order valence-corrected chi connectivity index (χ3v) is 3.74. The summed E-state index contributed by atoms with van der Waals surface area (Å²) in [7, 11) is 1.58. The zero-order chi connectivity index (χ0) is 16.9. The number of amides is 1. The summed E-state index contributed by atoms with van der Waals surface area (Å²) in [5, 5.41) is 4.90. The van der Waals surface area contributed by atoms with Gasteiger partial charge in [0.05, 0.1) is 12.8 Å². The molecule has 4 heteroatoms. The molecule has 0 bridgehead atoms. The molecule has 4 nitrogen and oxygen atoms in total. The smallest absolute Gasteiger partial charge is 0.262 e. The fraction of sp³-hybridized carbons (Fsp3) is 0.150. The molecular formula is C20H19NO3. The maximum absolute atomic E-state index is 12.2. The second-order valence-electron chi connectivity index (χ2n) is 5.52. The summed E-state index contributed by atoms with van der Waals surface area (Å²) < 4.78 is 11.0. The number of nitrogens with one attached hydrogen (secondary N) is 1. The van der Waals surface area contributed by atoms with Gasteiger partial charge in [0.2, 0.25) is 0 Å². The van der Waals surface area contributed by atoms with Gasteiger partial charge in [0.25, 0.3) is 5.91 Å². The van der Waals surface area contributed by atoms with E-state index in [1.807, 2.05) is 67.6 Å². The molecule has 122 valence electrons. The molecule has 24 heavy (non-hydrogen) atoms.